The van der Waals surface area contributed by atoms with Gasteiger partial charge in [-0.2, -0.15) is 0 Å². The summed E-state index contributed by atoms with van der Waals surface area (Å²) in [6.07, 6.45) is 0. The van der Waals surface area contributed by atoms with E-state index in [0.717, 1.165) is 5.56 Å². The quantitative estimate of drug-likeness (QED) is 0.851. The van der Waals surface area contributed by atoms with E-state index in [2.05, 4.69) is 4.72 Å². The minimum atomic E-state index is -1.30. The number of hydrogen-bond acceptors (Lipinski definition) is 3. The Morgan fingerprint density at radius 2 is 1.71 bits per heavy atom. The van der Waals surface area contributed by atoms with Gasteiger partial charge in [-0.3, -0.25) is 4.79 Å². The van der Waals surface area contributed by atoms with Gasteiger partial charge in [-0.25, -0.2) is 8.93 Å². The van der Waals surface area contributed by atoms with E-state index in [4.69, 9.17) is 4.74 Å². The second-order valence-electron chi connectivity index (χ2n) is 6.30. The molecule has 0 aliphatic carbocycles. The van der Waals surface area contributed by atoms with Crippen LogP contribution in [0.5, 0.6) is 0 Å². The summed E-state index contributed by atoms with van der Waals surface area (Å²) in [4.78, 5) is 12.0. The number of benzene rings is 1. The molecule has 0 saturated heterocycles. The molecule has 0 aliphatic heterocycles. The van der Waals surface area contributed by atoms with E-state index in [1.807, 2.05) is 58.0 Å². The zero-order chi connectivity index (χ0) is 16.3. The number of methoxy groups -OCH3 is 1. The molecule has 1 rings (SSSR count). The van der Waals surface area contributed by atoms with Crippen LogP contribution in [0.4, 0.5) is 0 Å². The summed E-state index contributed by atoms with van der Waals surface area (Å²) in [5.41, 5.74) is 0.132. The van der Waals surface area contributed by atoms with Crippen molar-refractivity contribution in [2.24, 2.45) is 5.92 Å². The largest absolute Gasteiger partial charge is 0.469 e. The number of ether oxygens (including phenoxy) is 1. The maximum absolute atomic E-state index is 12.5. The molecule has 0 fully saturated rings. The minimum absolute atomic E-state index is 0.334. The Balaban J connectivity index is 3.24. The molecule has 0 radical (unpaired) electrons. The fourth-order valence-corrected chi connectivity index (χ4v) is 2.93. The van der Waals surface area contributed by atoms with E-state index >= 15 is 0 Å². The van der Waals surface area contributed by atoms with Crippen molar-refractivity contribution in [3.05, 3.63) is 35.9 Å². The first-order valence-electron chi connectivity index (χ1n) is 6.96. The summed E-state index contributed by atoms with van der Waals surface area (Å²) >= 11 is 0. The summed E-state index contributed by atoms with van der Waals surface area (Å²) in [6, 6.07) is 9.56. The molecule has 1 aromatic rings. The lowest BCUT2D eigenvalue weighted by molar-refractivity contribution is -0.147. The number of carbonyl (C=O) groups excluding carboxylic acids is 1. The van der Waals surface area contributed by atoms with Gasteiger partial charge in [0.15, 0.2) is 0 Å². The zero-order valence-electron chi connectivity index (χ0n) is 13.6. The van der Waals surface area contributed by atoms with Crippen LogP contribution in [0.25, 0.3) is 0 Å². The third kappa shape index (κ3) is 4.14. The van der Waals surface area contributed by atoms with Crippen molar-refractivity contribution in [3.8, 4) is 0 Å². The van der Waals surface area contributed by atoms with Gasteiger partial charge < -0.3 is 4.74 Å². The van der Waals surface area contributed by atoms with Gasteiger partial charge >= 0.3 is 5.97 Å². The van der Waals surface area contributed by atoms with Gasteiger partial charge in [0.25, 0.3) is 0 Å². The van der Waals surface area contributed by atoms with E-state index < -0.39 is 27.2 Å². The topological polar surface area (TPSA) is 55.4 Å². The number of hydrogen-bond donors (Lipinski definition) is 1. The van der Waals surface area contributed by atoms with Crippen LogP contribution in [0.3, 0.4) is 0 Å². The van der Waals surface area contributed by atoms with Crippen LogP contribution in [-0.4, -0.2) is 22.0 Å². The average molecular weight is 311 g/mol. The standard InChI is InChI=1S/C16H25NO3S/c1-12(14(18)20-6)16(5,13-10-8-7-9-11-13)17-21(19)15(2,3)4/h7-12,17H,1-6H3/t12-,16+,21-/m1/s1. The highest BCUT2D eigenvalue weighted by Crippen LogP contribution is 2.32. The first-order chi connectivity index (χ1) is 9.63. The Morgan fingerprint density at radius 1 is 1.19 bits per heavy atom. The van der Waals surface area contributed by atoms with Gasteiger partial charge in [0, 0.05) is 0 Å². The molecule has 0 spiro atoms. The van der Waals surface area contributed by atoms with Gasteiger partial charge in [0.1, 0.15) is 0 Å². The highest BCUT2D eigenvalue weighted by atomic mass is 32.2. The maximum atomic E-state index is 12.5. The van der Waals surface area contributed by atoms with E-state index in [1.165, 1.54) is 7.11 Å². The molecule has 118 valence electrons. The van der Waals surface area contributed by atoms with Crippen LogP contribution < -0.4 is 4.72 Å². The SMILES string of the molecule is COC(=O)[C@@H](C)[C@](C)(N[S@](=O)C(C)(C)C)c1ccccc1. The first kappa shape index (κ1) is 17.9. The zero-order valence-corrected chi connectivity index (χ0v) is 14.4. The van der Waals surface area contributed by atoms with Gasteiger partial charge in [-0.1, -0.05) is 30.3 Å². The summed E-state index contributed by atoms with van der Waals surface area (Å²) in [6.45, 7) is 9.35. The third-order valence-electron chi connectivity index (χ3n) is 3.66. The molecule has 1 aromatic carbocycles. The fourth-order valence-electron chi connectivity index (χ4n) is 1.94. The molecule has 0 saturated carbocycles. The highest BCUT2D eigenvalue weighted by Gasteiger charge is 2.41. The molecule has 3 atom stereocenters. The molecule has 1 N–H and O–H groups in total. The monoisotopic (exact) mass is 311 g/mol. The minimum Gasteiger partial charge on any atom is -0.469 e. The number of esters is 1. The number of rotatable bonds is 5. The third-order valence-corrected chi connectivity index (χ3v) is 5.38. The van der Waals surface area contributed by atoms with Crippen LogP contribution >= 0.6 is 0 Å². The van der Waals surface area contributed by atoms with Gasteiger partial charge in [-0.15, -0.1) is 0 Å². The van der Waals surface area contributed by atoms with Crippen molar-refractivity contribution in [2.75, 3.05) is 7.11 Å². The average Bonchev–Trinajstić information content (AvgIpc) is 2.45. The molecule has 5 heteroatoms. The predicted octanol–water partition coefficient (Wildman–Crippen LogP) is 2.76. The van der Waals surface area contributed by atoms with Crippen molar-refractivity contribution in [3.63, 3.8) is 0 Å². The molecular weight excluding hydrogens is 286 g/mol. The van der Waals surface area contributed by atoms with Gasteiger partial charge in [0.2, 0.25) is 0 Å². The smallest absolute Gasteiger partial charge is 0.310 e. The molecular formula is C16H25NO3S. The fraction of sp³-hybridized carbons (Fsp3) is 0.562. The molecule has 0 aromatic heterocycles. The molecule has 0 aliphatic rings. The van der Waals surface area contributed by atoms with Crippen molar-refractivity contribution in [1.29, 1.82) is 0 Å². The Morgan fingerprint density at radius 3 is 2.14 bits per heavy atom. The molecule has 21 heavy (non-hydrogen) atoms. The van der Waals surface area contributed by atoms with E-state index in [9.17, 15) is 9.00 Å². The van der Waals surface area contributed by atoms with E-state index in [1.54, 1.807) is 6.92 Å². The van der Waals surface area contributed by atoms with Gasteiger partial charge in [-0.05, 0) is 40.2 Å². The van der Waals surface area contributed by atoms with Crippen LogP contribution in [-0.2, 0) is 26.1 Å². The van der Waals surface area contributed by atoms with E-state index in [0.29, 0.717) is 0 Å². The second kappa shape index (κ2) is 6.71. The molecule has 0 bridgehead atoms. The molecule has 0 unspecified atom stereocenters. The summed E-state index contributed by atoms with van der Waals surface area (Å²) in [7, 11) is 0.0619. The summed E-state index contributed by atoms with van der Waals surface area (Å²) in [5.74, 6) is -0.809. The number of carbonyl (C=O) groups is 1. The Kier molecular flexibility index (Phi) is 5.70. The van der Waals surface area contributed by atoms with Crippen molar-refractivity contribution >= 4 is 17.0 Å². The summed E-state index contributed by atoms with van der Waals surface area (Å²) < 4.78 is 20.1. The van der Waals surface area contributed by atoms with Crippen LogP contribution in [0.2, 0.25) is 0 Å². The van der Waals surface area contributed by atoms with Crippen LogP contribution in [0.15, 0.2) is 30.3 Å². The molecule has 4 nitrogen and oxygen atoms in total. The van der Waals surface area contributed by atoms with E-state index in [-0.39, 0.29) is 5.97 Å². The van der Waals surface area contributed by atoms with Crippen molar-refractivity contribution in [1.82, 2.24) is 4.72 Å². The second-order valence-corrected chi connectivity index (χ2v) is 8.26. The van der Waals surface area contributed by atoms with Crippen LogP contribution in [0, 0.1) is 5.92 Å². The number of nitrogens with one attached hydrogen (secondary N) is 1. The van der Waals surface area contributed by atoms with Crippen molar-refractivity contribution < 1.29 is 13.7 Å². The lowest BCUT2D eigenvalue weighted by atomic mass is 9.81. The lowest BCUT2D eigenvalue weighted by Gasteiger charge is -2.37. The first-order valence-corrected chi connectivity index (χ1v) is 8.11. The van der Waals surface area contributed by atoms with Crippen molar-refractivity contribution in [2.45, 2.75) is 44.9 Å². The Labute approximate surface area is 129 Å². The maximum Gasteiger partial charge on any atom is 0.310 e. The Hall–Kier alpha value is -1.20. The predicted molar refractivity (Wildman–Crippen MR) is 86.0 cm³/mol. The highest BCUT2D eigenvalue weighted by molar-refractivity contribution is 7.84. The lowest BCUT2D eigenvalue weighted by Crippen LogP contribution is -2.52. The summed E-state index contributed by atoms with van der Waals surface area (Å²) in [5, 5.41) is 0. The molecule has 0 amide bonds. The molecule has 0 heterocycles. The normalized spacial score (nSPS) is 17.6. The van der Waals surface area contributed by atoms with Crippen LogP contribution in [0.1, 0.15) is 40.2 Å². The van der Waals surface area contributed by atoms with Gasteiger partial charge in [0.05, 0.1) is 34.3 Å². The Bertz CT molecular complexity index is 510.